The number of piperidine rings is 1. The van der Waals surface area contributed by atoms with Gasteiger partial charge in [-0.25, -0.2) is 4.79 Å². The fourth-order valence-electron chi connectivity index (χ4n) is 4.08. The number of urea groups is 1. The second-order valence-electron chi connectivity index (χ2n) is 8.17. The summed E-state index contributed by atoms with van der Waals surface area (Å²) in [6.07, 6.45) is 3.75. The number of thioether (sulfide) groups is 1. The third-order valence-corrected chi connectivity index (χ3v) is 6.91. The molecular formula is C25H31N5O3S. The van der Waals surface area contributed by atoms with Crippen LogP contribution in [0.5, 0.6) is 5.75 Å². The van der Waals surface area contributed by atoms with Gasteiger partial charge < -0.3 is 25.1 Å². The Hall–Kier alpha value is -3.04. The summed E-state index contributed by atoms with van der Waals surface area (Å²) >= 11 is 1.60. The van der Waals surface area contributed by atoms with Gasteiger partial charge in [0.1, 0.15) is 11.0 Å². The van der Waals surface area contributed by atoms with Crippen molar-refractivity contribution in [3.8, 4) is 17.2 Å². The molecule has 9 heteroatoms. The Labute approximate surface area is 204 Å². The number of phenolic OH excluding ortho intramolecular Hbond substituents is 1. The fourth-order valence-corrected chi connectivity index (χ4v) is 5.03. The molecule has 1 atom stereocenters. The van der Waals surface area contributed by atoms with E-state index in [2.05, 4.69) is 25.7 Å². The predicted molar refractivity (Wildman–Crippen MR) is 135 cm³/mol. The summed E-state index contributed by atoms with van der Waals surface area (Å²) in [4.78, 5) is 14.9. The molecule has 1 fully saturated rings. The highest BCUT2D eigenvalue weighted by atomic mass is 32.2. The Bertz CT molecular complexity index is 1080. The van der Waals surface area contributed by atoms with E-state index in [4.69, 9.17) is 4.42 Å². The van der Waals surface area contributed by atoms with Crippen LogP contribution < -0.4 is 10.6 Å². The number of hydrogen-bond acceptors (Lipinski definition) is 7. The number of rotatable bonds is 9. The molecule has 3 N–H and O–H groups in total. The first-order valence-electron chi connectivity index (χ1n) is 11.7. The van der Waals surface area contributed by atoms with Gasteiger partial charge in [0, 0.05) is 18.7 Å². The lowest BCUT2D eigenvalue weighted by molar-refractivity contribution is 0.224. The Balaban J connectivity index is 1.45. The monoisotopic (exact) mass is 481 g/mol. The predicted octanol–water partition coefficient (Wildman–Crippen LogP) is 4.89. The summed E-state index contributed by atoms with van der Waals surface area (Å²) < 4.78 is 6.04. The molecule has 1 saturated heterocycles. The van der Waals surface area contributed by atoms with Gasteiger partial charge in [0.05, 0.1) is 11.3 Å². The number of phenols is 1. The zero-order chi connectivity index (χ0) is 23.8. The Kier molecular flexibility index (Phi) is 8.43. The minimum atomic E-state index is -0.286. The highest BCUT2D eigenvalue weighted by Crippen LogP contribution is 2.40. The lowest BCUT2D eigenvalue weighted by Gasteiger charge is -2.26. The molecule has 3 aromatic rings. The van der Waals surface area contributed by atoms with Crippen molar-refractivity contribution in [1.29, 1.82) is 0 Å². The maximum absolute atomic E-state index is 12.5. The highest BCUT2D eigenvalue weighted by molar-refractivity contribution is 7.99. The molecular weight excluding hydrogens is 450 g/mol. The van der Waals surface area contributed by atoms with Crippen molar-refractivity contribution < 1.29 is 14.3 Å². The number of aromatic nitrogens is 2. The van der Waals surface area contributed by atoms with E-state index in [0.717, 1.165) is 31.0 Å². The number of anilines is 1. The van der Waals surface area contributed by atoms with Gasteiger partial charge in [0.25, 0.3) is 0 Å². The molecule has 8 nitrogen and oxygen atoms in total. The van der Waals surface area contributed by atoms with Crippen LogP contribution in [0.4, 0.5) is 10.5 Å². The fraction of sp³-hybridized carbons (Fsp3) is 0.400. The second-order valence-corrected chi connectivity index (χ2v) is 9.55. The van der Waals surface area contributed by atoms with Crippen molar-refractivity contribution in [1.82, 2.24) is 20.4 Å². The van der Waals surface area contributed by atoms with E-state index in [0.29, 0.717) is 29.6 Å². The number of hydrogen-bond donors (Lipinski definition) is 3. The number of carbonyl (C=O) groups excluding carboxylic acids is 1. The molecule has 180 valence electrons. The summed E-state index contributed by atoms with van der Waals surface area (Å²) in [6, 6.07) is 14.3. The van der Waals surface area contributed by atoms with Gasteiger partial charge in [-0.15, -0.1) is 22.0 Å². The van der Waals surface area contributed by atoms with Crippen LogP contribution in [0.3, 0.4) is 0 Å². The summed E-state index contributed by atoms with van der Waals surface area (Å²) in [6.45, 7) is 5.69. The Morgan fingerprint density at radius 3 is 2.68 bits per heavy atom. The second kappa shape index (κ2) is 11.9. The largest absolute Gasteiger partial charge is 0.508 e. The van der Waals surface area contributed by atoms with Crippen LogP contribution in [-0.2, 0) is 0 Å². The lowest BCUT2D eigenvalue weighted by atomic mass is 10.1. The zero-order valence-electron chi connectivity index (χ0n) is 19.4. The molecule has 1 aliphatic heterocycles. The van der Waals surface area contributed by atoms with Crippen molar-refractivity contribution in [2.45, 2.75) is 31.4 Å². The van der Waals surface area contributed by atoms with Gasteiger partial charge in [0.2, 0.25) is 11.8 Å². The smallest absolute Gasteiger partial charge is 0.319 e. The summed E-state index contributed by atoms with van der Waals surface area (Å²) in [5.74, 6) is 1.73. The summed E-state index contributed by atoms with van der Waals surface area (Å²) in [5.41, 5.74) is 1.96. The first-order valence-corrected chi connectivity index (χ1v) is 12.8. The van der Waals surface area contributed by atoms with Gasteiger partial charge in [-0.1, -0.05) is 43.7 Å². The van der Waals surface area contributed by atoms with Gasteiger partial charge in [-0.05, 0) is 49.9 Å². The third-order valence-electron chi connectivity index (χ3n) is 5.79. The number of nitrogens with zero attached hydrogens (tertiary/aromatic N) is 3. The Morgan fingerprint density at radius 2 is 1.88 bits per heavy atom. The minimum Gasteiger partial charge on any atom is -0.508 e. The SMILES string of the molecule is CCSC(c1nnc(-c2ccccc2NC(=O)NCCN2CCCCC2)o1)c1ccccc1O. The molecule has 34 heavy (non-hydrogen) atoms. The minimum absolute atomic E-state index is 0.191. The van der Waals surface area contributed by atoms with Crippen molar-refractivity contribution >= 4 is 23.5 Å². The zero-order valence-corrected chi connectivity index (χ0v) is 20.2. The van der Waals surface area contributed by atoms with Crippen molar-refractivity contribution in [2.75, 3.05) is 37.2 Å². The molecule has 1 aliphatic rings. The van der Waals surface area contributed by atoms with Crippen molar-refractivity contribution in [3.05, 3.63) is 60.0 Å². The number of likely N-dealkylation sites (tertiary alicyclic amines) is 1. The molecule has 1 aromatic heterocycles. The average molecular weight is 482 g/mol. The van der Waals surface area contributed by atoms with Crippen LogP contribution in [0, 0.1) is 0 Å². The van der Waals surface area contributed by atoms with Crippen LogP contribution in [-0.4, -0.2) is 58.2 Å². The molecule has 0 radical (unpaired) electrons. The third kappa shape index (κ3) is 6.09. The molecule has 2 heterocycles. The molecule has 0 aliphatic carbocycles. The molecule has 0 spiro atoms. The average Bonchev–Trinajstić information content (AvgIpc) is 3.34. The lowest BCUT2D eigenvalue weighted by Crippen LogP contribution is -2.39. The highest BCUT2D eigenvalue weighted by Gasteiger charge is 2.24. The standard InChI is InChI=1S/C25H31N5O3S/c1-2-34-22(19-11-5-7-13-21(19)31)24-29-28-23(33-24)18-10-4-6-12-20(18)27-25(32)26-14-17-30-15-8-3-9-16-30/h4-7,10-13,22,31H,2-3,8-9,14-17H2,1H3,(H2,26,27,32). The van der Waals surface area contributed by atoms with Crippen LogP contribution in [0.25, 0.3) is 11.5 Å². The summed E-state index contributed by atoms with van der Waals surface area (Å²) in [7, 11) is 0. The van der Waals surface area contributed by atoms with E-state index in [9.17, 15) is 9.90 Å². The molecule has 0 saturated carbocycles. The van der Waals surface area contributed by atoms with E-state index in [-0.39, 0.29) is 17.0 Å². The van der Waals surface area contributed by atoms with E-state index >= 15 is 0 Å². The van der Waals surface area contributed by atoms with E-state index in [1.807, 2.05) is 43.3 Å². The van der Waals surface area contributed by atoms with Gasteiger partial charge >= 0.3 is 6.03 Å². The van der Waals surface area contributed by atoms with Crippen LogP contribution in [0.1, 0.15) is 42.9 Å². The molecule has 0 bridgehead atoms. The van der Waals surface area contributed by atoms with Gasteiger partial charge in [-0.3, -0.25) is 0 Å². The van der Waals surface area contributed by atoms with Crippen molar-refractivity contribution in [2.24, 2.45) is 0 Å². The maximum atomic E-state index is 12.5. The molecule has 2 aromatic carbocycles. The first-order chi connectivity index (χ1) is 16.7. The van der Waals surface area contributed by atoms with E-state index in [1.54, 1.807) is 23.9 Å². The van der Waals surface area contributed by atoms with E-state index < -0.39 is 0 Å². The topological polar surface area (TPSA) is 104 Å². The number of nitrogens with one attached hydrogen (secondary N) is 2. The quantitative estimate of drug-likeness (QED) is 0.400. The number of aromatic hydroxyl groups is 1. The van der Waals surface area contributed by atoms with Crippen LogP contribution in [0.15, 0.2) is 52.9 Å². The van der Waals surface area contributed by atoms with Crippen molar-refractivity contribution in [3.63, 3.8) is 0 Å². The van der Waals surface area contributed by atoms with Crippen LogP contribution in [0.2, 0.25) is 0 Å². The van der Waals surface area contributed by atoms with Gasteiger partial charge in [-0.2, -0.15) is 0 Å². The Morgan fingerprint density at radius 1 is 1.12 bits per heavy atom. The van der Waals surface area contributed by atoms with Crippen LogP contribution >= 0.6 is 11.8 Å². The molecule has 1 unspecified atom stereocenters. The number of benzene rings is 2. The number of amides is 2. The van der Waals surface area contributed by atoms with E-state index in [1.165, 1.54) is 19.3 Å². The number of para-hydroxylation sites is 2. The number of carbonyl (C=O) groups is 1. The summed E-state index contributed by atoms with van der Waals surface area (Å²) in [5, 5.41) is 24.4. The van der Waals surface area contributed by atoms with Gasteiger partial charge in [0.15, 0.2) is 0 Å². The maximum Gasteiger partial charge on any atom is 0.319 e. The molecule has 2 amide bonds. The molecule has 4 rings (SSSR count). The normalized spacial score (nSPS) is 15.1. The first kappa shape index (κ1) is 24.1.